The molecule has 0 bridgehead atoms. The van der Waals surface area contributed by atoms with E-state index in [0.29, 0.717) is 37.2 Å². The van der Waals surface area contributed by atoms with E-state index in [4.69, 9.17) is 77.4 Å². The van der Waals surface area contributed by atoms with Crippen molar-refractivity contribution < 1.29 is 0 Å². The van der Waals surface area contributed by atoms with Gasteiger partial charge >= 0.3 is 0 Å². The molecule has 4 heterocycles. The van der Waals surface area contributed by atoms with E-state index in [0.717, 1.165) is 0 Å². The largest absolute Gasteiger partial charge is 0.362 e. The molecule has 24 heteroatoms. The van der Waals surface area contributed by atoms with Gasteiger partial charge in [0.15, 0.2) is 13.4 Å². The number of anilines is 2. The normalized spacial score (nSPS) is 26.0. The Morgan fingerprint density at radius 3 is 1.50 bits per heavy atom. The van der Waals surface area contributed by atoms with Crippen molar-refractivity contribution >= 4 is 153 Å². The molecule has 6 atom stereocenters. The van der Waals surface area contributed by atoms with E-state index in [1.54, 1.807) is 0 Å². The smallest absolute Gasteiger partial charge is 0.159 e. The quantitative estimate of drug-likeness (QED) is 0.283. The molecule has 0 amide bonds. The number of nitrogens with zero attached hydrogens (tertiary/aromatic N) is 4. The molecule has 1 aromatic rings. The molecule has 4 nitrogen and oxygen atoms in total. The number of benzene rings is 1. The highest BCUT2D eigenvalue weighted by atomic mass is 15.4. The van der Waals surface area contributed by atoms with Gasteiger partial charge in [0.2, 0.25) is 0 Å². The van der Waals surface area contributed by atoms with E-state index < -0.39 is 31.9 Å². The molecule has 0 aromatic heterocycles. The average Bonchev–Trinajstić information content (AvgIpc) is 3.72. The van der Waals surface area contributed by atoms with Crippen LogP contribution in [-0.4, -0.2) is 190 Å². The standard InChI is InChI=1S/C12H16B10N2.C8H14B10N2/c1-8-23(3)9-6-4-5-7-10(9)24(8)12-11(18(12)2)19(20(13)14)22(17)21(15)16;1-6-19(3)4-5-20(6)8-7(14(8)2)15(16(9)10)18(13)17(11)12/h4-8,11-12H,1-3H3;4-8H,1-3H3/t8-,11?,12?;6-,7?,8?/m00/s1. The monoisotopic (exact) mass is 546 g/mol. The SMILES string of the molecule is [B]B([B])B([B])B(B([B])[B])C1B(C)C1N1C=CN(C)[C@@H]1C.[B]B([B])B([B])B(B([B])[B])C1B(C)C1N1c2ccccc2N(C)[C@@H]1C. The van der Waals surface area contributed by atoms with Gasteiger partial charge in [-0.15, -0.1) is 0 Å². The summed E-state index contributed by atoms with van der Waals surface area (Å²) in [6, 6.07) is 8.47. The molecular formula is C20H30B20N4. The Bertz CT molecular complexity index is 1150. The van der Waals surface area contributed by atoms with Crippen LogP contribution in [-0.2, 0) is 0 Å². The summed E-state index contributed by atoms with van der Waals surface area (Å²) >= 11 is 0. The molecule has 1 aromatic carbocycles. The lowest BCUT2D eigenvalue weighted by molar-refractivity contribution is 0.196. The van der Waals surface area contributed by atoms with E-state index >= 15 is 0 Å². The predicted molar refractivity (Wildman–Crippen MR) is 217 cm³/mol. The fourth-order valence-electron chi connectivity index (χ4n) is 8.03. The van der Waals surface area contributed by atoms with Gasteiger partial charge in [-0.25, -0.2) is 0 Å². The second-order valence-electron chi connectivity index (χ2n) is 13.7. The Hall–Kier alpha value is -0.541. The minimum absolute atomic E-state index is 0.0680. The van der Waals surface area contributed by atoms with E-state index in [1.807, 2.05) is 0 Å². The Labute approximate surface area is 285 Å². The Kier molecular flexibility index (Phi) is 11.8. The molecule has 4 aliphatic heterocycles. The zero-order valence-corrected chi connectivity index (χ0v) is 27.3. The zero-order valence-electron chi connectivity index (χ0n) is 27.3. The summed E-state index contributed by atoms with van der Waals surface area (Å²) in [6.45, 7) is 9.58. The zero-order chi connectivity index (χ0) is 32.9. The van der Waals surface area contributed by atoms with Crippen LogP contribution >= 0.6 is 0 Å². The first-order chi connectivity index (χ1) is 20.5. The summed E-state index contributed by atoms with van der Waals surface area (Å²) in [5.41, 5.74) is 3.12. The molecule has 2 saturated heterocycles. The highest BCUT2D eigenvalue weighted by Crippen LogP contribution is 2.51. The van der Waals surface area contributed by atoms with Crippen LogP contribution in [0.5, 0.6) is 0 Å². The molecular weight excluding hydrogens is 512 g/mol. The molecule has 2 fully saturated rings. The third-order valence-corrected chi connectivity index (χ3v) is 11.0. The molecule has 20 radical (unpaired) electrons. The molecule has 0 N–H and O–H groups in total. The molecule has 0 spiro atoms. The van der Waals surface area contributed by atoms with Crippen molar-refractivity contribution in [1.29, 1.82) is 0 Å². The topological polar surface area (TPSA) is 13.0 Å². The molecule has 4 aliphatic rings. The third-order valence-electron chi connectivity index (χ3n) is 11.0. The molecule has 44 heavy (non-hydrogen) atoms. The Morgan fingerprint density at radius 1 is 0.614 bits per heavy atom. The Balaban J connectivity index is 0.000000204. The summed E-state index contributed by atoms with van der Waals surface area (Å²) in [7, 11) is 63.7. The fourth-order valence-corrected chi connectivity index (χ4v) is 8.03. The lowest BCUT2D eigenvalue weighted by Crippen LogP contribution is -2.60. The Morgan fingerprint density at radius 2 is 1.07 bits per heavy atom. The maximum absolute atomic E-state index is 6.24. The molecule has 4 unspecified atom stereocenters. The van der Waals surface area contributed by atoms with Crippen molar-refractivity contribution in [2.45, 2.75) is 63.1 Å². The van der Waals surface area contributed by atoms with Gasteiger partial charge in [-0.3, -0.25) is 0 Å². The van der Waals surface area contributed by atoms with Crippen molar-refractivity contribution in [2.24, 2.45) is 0 Å². The molecule has 0 aliphatic carbocycles. The number of hydrogen-bond donors (Lipinski definition) is 0. The lowest BCUT2D eigenvalue weighted by atomic mass is 8.62. The first-order valence-electron chi connectivity index (χ1n) is 15.9. The van der Waals surface area contributed by atoms with Gasteiger partial charge in [0.1, 0.15) is 0 Å². The minimum Gasteiger partial charge on any atom is -0.362 e. The number of para-hydroxylation sites is 2. The van der Waals surface area contributed by atoms with Gasteiger partial charge in [-0.1, -0.05) is 37.2 Å². The minimum atomic E-state index is -0.621. The van der Waals surface area contributed by atoms with Gasteiger partial charge in [0.05, 0.1) is 23.7 Å². The molecule has 190 valence electrons. The maximum atomic E-state index is 6.24. The van der Waals surface area contributed by atoms with E-state index in [2.05, 4.69) is 97.9 Å². The van der Waals surface area contributed by atoms with Crippen LogP contribution in [0.25, 0.3) is 0 Å². The first-order valence-corrected chi connectivity index (χ1v) is 15.9. The first kappa shape index (κ1) is 36.3. The second-order valence-corrected chi connectivity index (χ2v) is 13.7. The number of fused-ring (bicyclic) bond motifs is 1. The van der Waals surface area contributed by atoms with Crippen molar-refractivity contribution in [2.75, 3.05) is 23.9 Å². The van der Waals surface area contributed by atoms with Crippen LogP contribution in [0.1, 0.15) is 13.8 Å². The van der Waals surface area contributed by atoms with Crippen LogP contribution < -0.4 is 9.80 Å². The molecule has 5 rings (SSSR count). The number of rotatable bonds is 10. The van der Waals surface area contributed by atoms with Crippen molar-refractivity contribution in [3.8, 4) is 0 Å². The number of hydrogen-bond acceptors (Lipinski definition) is 4. The van der Waals surface area contributed by atoms with Crippen LogP contribution in [0.2, 0.25) is 25.1 Å². The highest BCUT2D eigenvalue weighted by Gasteiger charge is 2.61. The van der Waals surface area contributed by atoms with Crippen molar-refractivity contribution in [3.05, 3.63) is 36.7 Å². The van der Waals surface area contributed by atoms with Gasteiger partial charge in [0.25, 0.3) is 0 Å². The van der Waals surface area contributed by atoms with Crippen LogP contribution in [0.15, 0.2) is 36.7 Å². The maximum Gasteiger partial charge on any atom is 0.159 e. The third kappa shape index (κ3) is 6.86. The van der Waals surface area contributed by atoms with Crippen LogP contribution in [0, 0.1) is 0 Å². The van der Waals surface area contributed by atoms with Gasteiger partial charge in [0, 0.05) is 155 Å². The lowest BCUT2D eigenvalue weighted by Gasteiger charge is -2.32. The molecule has 0 saturated carbocycles. The van der Waals surface area contributed by atoms with Gasteiger partial charge in [-0.05, 0) is 37.9 Å². The summed E-state index contributed by atoms with van der Waals surface area (Å²) in [5.74, 6) is 0.742. The summed E-state index contributed by atoms with van der Waals surface area (Å²) < 4.78 is 0. The van der Waals surface area contributed by atoms with E-state index in [1.165, 1.54) is 11.4 Å². The van der Waals surface area contributed by atoms with E-state index in [-0.39, 0.29) is 31.3 Å². The summed E-state index contributed by atoms with van der Waals surface area (Å²) in [4.78, 5) is 9.28. The van der Waals surface area contributed by atoms with Gasteiger partial charge in [-0.2, -0.15) is 0 Å². The van der Waals surface area contributed by atoms with Crippen LogP contribution in [0.4, 0.5) is 11.4 Å². The predicted octanol–water partition coefficient (Wildman–Crippen LogP) is -3.67. The second kappa shape index (κ2) is 14.3. The van der Waals surface area contributed by atoms with Crippen molar-refractivity contribution in [3.63, 3.8) is 0 Å². The van der Waals surface area contributed by atoms with E-state index in [9.17, 15) is 0 Å². The fraction of sp³-hybridized carbons (Fsp3) is 0.600. The summed E-state index contributed by atoms with van der Waals surface area (Å²) in [5, 5.41) is 0. The summed E-state index contributed by atoms with van der Waals surface area (Å²) in [6.07, 6.45) is 1.77. The average molecular weight is 543 g/mol. The highest BCUT2D eigenvalue weighted by molar-refractivity contribution is 7.93. The van der Waals surface area contributed by atoms with Crippen LogP contribution in [0.3, 0.4) is 0 Å². The van der Waals surface area contributed by atoms with Crippen molar-refractivity contribution in [1.82, 2.24) is 9.80 Å². The van der Waals surface area contributed by atoms with Gasteiger partial charge < -0.3 is 19.6 Å².